The summed E-state index contributed by atoms with van der Waals surface area (Å²) in [5.74, 6) is -1.90. The second kappa shape index (κ2) is 7.52. The number of aliphatic carboxylic acids is 2. The van der Waals surface area contributed by atoms with Gasteiger partial charge < -0.3 is 10.2 Å². The summed E-state index contributed by atoms with van der Waals surface area (Å²) in [5.41, 5.74) is 3.19. The minimum atomic E-state index is -0.948. The van der Waals surface area contributed by atoms with Crippen LogP contribution in [0.3, 0.4) is 0 Å². The second-order valence-corrected chi connectivity index (χ2v) is 5.58. The van der Waals surface area contributed by atoms with Gasteiger partial charge in [0.1, 0.15) is 0 Å². The van der Waals surface area contributed by atoms with Crippen molar-refractivity contribution in [3.63, 3.8) is 0 Å². The van der Waals surface area contributed by atoms with Crippen molar-refractivity contribution in [2.24, 2.45) is 0 Å². The Morgan fingerprint density at radius 1 is 0.615 bits per heavy atom. The van der Waals surface area contributed by atoms with E-state index in [1.54, 1.807) is 54.6 Å². The SMILES string of the molecule is O=C(O)Cc1cccc(-c2cccc(-c3cccc(CC(=O)O)n3)n2)n1. The van der Waals surface area contributed by atoms with Gasteiger partial charge in [0.15, 0.2) is 0 Å². The van der Waals surface area contributed by atoms with Crippen molar-refractivity contribution in [3.8, 4) is 22.8 Å². The van der Waals surface area contributed by atoms with Crippen LogP contribution in [0, 0.1) is 0 Å². The van der Waals surface area contributed by atoms with Crippen LogP contribution < -0.4 is 0 Å². The molecule has 2 N–H and O–H groups in total. The van der Waals surface area contributed by atoms with E-state index >= 15 is 0 Å². The van der Waals surface area contributed by atoms with Crippen LogP contribution in [-0.2, 0) is 22.4 Å². The van der Waals surface area contributed by atoms with Crippen molar-refractivity contribution in [2.45, 2.75) is 12.8 Å². The molecule has 3 aromatic heterocycles. The molecule has 7 heteroatoms. The Morgan fingerprint density at radius 3 is 1.35 bits per heavy atom. The van der Waals surface area contributed by atoms with Crippen LogP contribution in [0.1, 0.15) is 11.4 Å². The molecule has 0 fully saturated rings. The van der Waals surface area contributed by atoms with Crippen LogP contribution in [0.25, 0.3) is 22.8 Å². The molecule has 0 radical (unpaired) electrons. The van der Waals surface area contributed by atoms with Crippen molar-refractivity contribution in [3.05, 3.63) is 66.0 Å². The van der Waals surface area contributed by atoms with Gasteiger partial charge in [-0.15, -0.1) is 0 Å². The average molecular weight is 349 g/mol. The summed E-state index contributed by atoms with van der Waals surface area (Å²) in [5, 5.41) is 17.8. The third-order valence-corrected chi connectivity index (χ3v) is 3.55. The highest BCUT2D eigenvalue weighted by Crippen LogP contribution is 2.21. The van der Waals surface area contributed by atoms with Gasteiger partial charge in [0.05, 0.1) is 47.0 Å². The number of hydrogen-bond donors (Lipinski definition) is 2. The first kappa shape index (κ1) is 17.2. The first-order valence-electron chi connectivity index (χ1n) is 7.84. The third-order valence-electron chi connectivity index (χ3n) is 3.55. The summed E-state index contributed by atoms with van der Waals surface area (Å²) in [7, 11) is 0. The van der Waals surface area contributed by atoms with Gasteiger partial charge in [0.2, 0.25) is 0 Å². The van der Waals surface area contributed by atoms with E-state index in [2.05, 4.69) is 15.0 Å². The molecule has 3 heterocycles. The number of aromatic nitrogens is 3. The fourth-order valence-corrected chi connectivity index (χ4v) is 2.47. The first-order valence-corrected chi connectivity index (χ1v) is 7.84. The smallest absolute Gasteiger partial charge is 0.309 e. The van der Waals surface area contributed by atoms with E-state index in [1.807, 2.05) is 0 Å². The molecule has 7 nitrogen and oxygen atoms in total. The second-order valence-electron chi connectivity index (χ2n) is 5.58. The standard InChI is InChI=1S/C19H15N3O4/c23-18(24)10-12-4-1-6-14(20-12)16-8-3-9-17(22-16)15-7-2-5-13(21-15)11-19(25)26/h1-9H,10-11H2,(H,23,24)(H,25,26). The summed E-state index contributed by atoms with van der Waals surface area (Å²) >= 11 is 0. The lowest BCUT2D eigenvalue weighted by atomic mass is 10.1. The van der Waals surface area contributed by atoms with E-state index < -0.39 is 11.9 Å². The van der Waals surface area contributed by atoms with E-state index in [9.17, 15) is 9.59 Å². The van der Waals surface area contributed by atoms with E-state index in [4.69, 9.17) is 10.2 Å². The molecule has 0 saturated heterocycles. The highest BCUT2D eigenvalue weighted by molar-refractivity contribution is 5.71. The van der Waals surface area contributed by atoms with Gasteiger partial charge in [-0.05, 0) is 36.4 Å². The zero-order chi connectivity index (χ0) is 18.5. The van der Waals surface area contributed by atoms with Gasteiger partial charge in [-0.25, -0.2) is 4.98 Å². The number of carbonyl (C=O) groups is 2. The topological polar surface area (TPSA) is 113 Å². The Kier molecular flexibility index (Phi) is 4.98. The molecule has 0 unspecified atom stereocenters. The van der Waals surface area contributed by atoms with Crippen molar-refractivity contribution in [1.82, 2.24) is 15.0 Å². The van der Waals surface area contributed by atoms with Gasteiger partial charge in [-0.1, -0.05) is 18.2 Å². The maximum atomic E-state index is 10.9. The molecule has 0 saturated carbocycles. The molecule has 0 aliphatic rings. The maximum absolute atomic E-state index is 10.9. The number of nitrogens with zero attached hydrogens (tertiary/aromatic N) is 3. The largest absolute Gasteiger partial charge is 0.481 e. The Bertz CT molecular complexity index is 898. The molecule has 0 atom stereocenters. The number of rotatable bonds is 6. The zero-order valence-electron chi connectivity index (χ0n) is 13.7. The lowest BCUT2D eigenvalue weighted by Gasteiger charge is -2.06. The van der Waals surface area contributed by atoms with Crippen molar-refractivity contribution >= 4 is 11.9 Å². The van der Waals surface area contributed by atoms with Crippen LogP contribution >= 0.6 is 0 Å². The average Bonchev–Trinajstić information content (AvgIpc) is 2.61. The molecule has 0 aromatic carbocycles. The Balaban J connectivity index is 1.94. The molecule has 3 rings (SSSR count). The predicted octanol–water partition coefficient (Wildman–Crippen LogP) is 2.46. The zero-order valence-corrected chi connectivity index (χ0v) is 13.7. The number of hydrogen-bond acceptors (Lipinski definition) is 5. The molecular weight excluding hydrogens is 334 g/mol. The van der Waals surface area contributed by atoms with E-state index in [1.165, 1.54) is 0 Å². The summed E-state index contributed by atoms with van der Waals surface area (Å²) in [4.78, 5) is 34.9. The highest BCUT2D eigenvalue weighted by Gasteiger charge is 2.09. The fraction of sp³-hybridized carbons (Fsp3) is 0.105. The van der Waals surface area contributed by atoms with Gasteiger partial charge in [0.25, 0.3) is 0 Å². The lowest BCUT2D eigenvalue weighted by Crippen LogP contribution is -2.03. The molecule has 0 aliphatic carbocycles. The fourth-order valence-electron chi connectivity index (χ4n) is 2.47. The van der Waals surface area contributed by atoms with Gasteiger partial charge in [-0.3, -0.25) is 19.6 Å². The molecular formula is C19H15N3O4. The molecule has 3 aromatic rings. The number of pyridine rings is 3. The van der Waals surface area contributed by atoms with Crippen molar-refractivity contribution < 1.29 is 19.8 Å². The number of carboxylic acid groups (broad SMARTS) is 2. The predicted molar refractivity (Wildman–Crippen MR) is 93.4 cm³/mol. The summed E-state index contributed by atoms with van der Waals surface area (Å²) < 4.78 is 0. The summed E-state index contributed by atoms with van der Waals surface area (Å²) in [6, 6.07) is 15.6. The maximum Gasteiger partial charge on any atom is 0.309 e. The molecule has 0 spiro atoms. The quantitative estimate of drug-likeness (QED) is 0.702. The minimum absolute atomic E-state index is 0.160. The van der Waals surface area contributed by atoms with Gasteiger partial charge in [0, 0.05) is 0 Å². The number of carboxylic acids is 2. The normalized spacial score (nSPS) is 10.5. The Morgan fingerprint density at radius 2 is 0.962 bits per heavy atom. The van der Waals surface area contributed by atoms with Crippen molar-refractivity contribution in [1.29, 1.82) is 0 Å². The van der Waals surface area contributed by atoms with E-state index in [0.29, 0.717) is 34.2 Å². The van der Waals surface area contributed by atoms with Crippen LogP contribution in [0.5, 0.6) is 0 Å². The van der Waals surface area contributed by atoms with E-state index in [0.717, 1.165) is 0 Å². The van der Waals surface area contributed by atoms with E-state index in [-0.39, 0.29) is 12.8 Å². The minimum Gasteiger partial charge on any atom is -0.481 e. The molecule has 130 valence electrons. The molecule has 26 heavy (non-hydrogen) atoms. The Hall–Kier alpha value is -3.61. The molecule has 0 bridgehead atoms. The van der Waals surface area contributed by atoms with Gasteiger partial charge >= 0.3 is 11.9 Å². The van der Waals surface area contributed by atoms with Gasteiger partial charge in [-0.2, -0.15) is 0 Å². The molecule has 0 amide bonds. The monoisotopic (exact) mass is 349 g/mol. The van der Waals surface area contributed by atoms with Crippen LogP contribution in [0.15, 0.2) is 54.6 Å². The Labute approximate surface area is 149 Å². The highest BCUT2D eigenvalue weighted by atomic mass is 16.4. The lowest BCUT2D eigenvalue weighted by molar-refractivity contribution is -0.137. The van der Waals surface area contributed by atoms with Crippen LogP contribution in [0.4, 0.5) is 0 Å². The molecule has 0 aliphatic heterocycles. The van der Waals surface area contributed by atoms with Crippen LogP contribution in [-0.4, -0.2) is 37.1 Å². The summed E-state index contributed by atoms with van der Waals surface area (Å²) in [6.07, 6.45) is -0.321. The summed E-state index contributed by atoms with van der Waals surface area (Å²) in [6.45, 7) is 0. The van der Waals surface area contributed by atoms with Crippen LogP contribution in [0.2, 0.25) is 0 Å². The first-order chi connectivity index (χ1) is 12.5. The third kappa shape index (κ3) is 4.27. The van der Waals surface area contributed by atoms with Crippen molar-refractivity contribution in [2.75, 3.05) is 0 Å².